The van der Waals surface area contributed by atoms with Crippen LogP contribution in [0.1, 0.15) is 22.8 Å². The van der Waals surface area contributed by atoms with Gasteiger partial charge in [0.2, 0.25) is 0 Å². The second-order valence-corrected chi connectivity index (χ2v) is 5.91. The summed E-state index contributed by atoms with van der Waals surface area (Å²) < 4.78 is 18.4. The summed E-state index contributed by atoms with van der Waals surface area (Å²) in [4.78, 5) is 11.6. The lowest BCUT2D eigenvalue weighted by molar-refractivity contribution is 0.0184. The average Bonchev–Trinajstić information content (AvgIpc) is 2.63. The molecule has 134 valence electrons. The number of hydrogen-bond acceptors (Lipinski definition) is 4. The molecular formula is C18H19ClFNO4. The molecule has 0 bridgehead atoms. The maximum Gasteiger partial charge on any atom is 0.407 e. The molecule has 0 radical (unpaired) electrons. The van der Waals surface area contributed by atoms with Gasteiger partial charge in [-0.3, -0.25) is 0 Å². The number of ether oxygens (including phenoxy) is 1. The van der Waals surface area contributed by atoms with Crippen molar-refractivity contribution >= 4 is 17.7 Å². The Balaban J connectivity index is 1.86. The van der Waals surface area contributed by atoms with Gasteiger partial charge in [-0.15, -0.1) is 0 Å². The Labute approximate surface area is 150 Å². The molecular weight excluding hydrogens is 349 g/mol. The first kappa shape index (κ1) is 19.2. The molecule has 5 nitrogen and oxygen atoms in total. The lowest BCUT2D eigenvalue weighted by Gasteiger charge is -2.20. The molecule has 25 heavy (non-hydrogen) atoms. The number of aliphatic hydroxyl groups excluding tert-OH is 2. The third-order valence-electron chi connectivity index (χ3n) is 3.70. The minimum atomic E-state index is -1.37. The van der Waals surface area contributed by atoms with Crippen molar-refractivity contribution in [2.45, 2.75) is 25.7 Å². The minimum Gasteiger partial charge on any atom is -0.445 e. The quantitative estimate of drug-likeness (QED) is 0.733. The number of alkyl carbamates (subject to hydrolysis) is 1. The molecule has 2 rings (SSSR count). The van der Waals surface area contributed by atoms with Crippen molar-refractivity contribution in [1.29, 1.82) is 0 Å². The van der Waals surface area contributed by atoms with E-state index in [1.54, 1.807) is 0 Å². The van der Waals surface area contributed by atoms with Crippen molar-refractivity contribution in [3.05, 3.63) is 70.0 Å². The number of amides is 1. The van der Waals surface area contributed by atoms with Gasteiger partial charge in [0.05, 0.1) is 5.02 Å². The predicted octanol–water partition coefficient (Wildman–Crippen LogP) is 3.11. The van der Waals surface area contributed by atoms with Crippen molar-refractivity contribution in [3.8, 4) is 0 Å². The number of carbonyl (C=O) groups is 1. The summed E-state index contributed by atoms with van der Waals surface area (Å²) in [6.07, 6.45) is -3.43. The normalized spacial score (nSPS) is 13.2. The molecule has 2 aromatic carbocycles. The lowest BCUT2D eigenvalue weighted by atomic mass is 10.0. The standard InChI is InChI=1S/C18H19ClFNO4/c1-11-14(20)8-7-13(16(11)19)17(23)15(22)9-21-18(24)25-10-12-5-3-2-4-6-12/h2-8,15,17,22-23H,9-10H2,1H3,(H,21,24). The molecule has 0 aliphatic carbocycles. The third kappa shape index (κ3) is 5.16. The first-order valence-corrected chi connectivity index (χ1v) is 8.03. The molecule has 2 atom stereocenters. The number of hydrogen-bond donors (Lipinski definition) is 3. The summed E-state index contributed by atoms with van der Waals surface area (Å²) in [5.74, 6) is -0.502. The van der Waals surface area contributed by atoms with Gasteiger partial charge < -0.3 is 20.3 Å². The van der Waals surface area contributed by atoms with Gasteiger partial charge in [-0.05, 0) is 18.6 Å². The first-order valence-electron chi connectivity index (χ1n) is 7.65. The van der Waals surface area contributed by atoms with Crippen LogP contribution >= 0.6 is 11.6 Å². The van der Waals surface area contributed by atoms with Crippen LogP contribution in [-0.2, 0) is 11.3 Å². The maximum atomic E-state index is 13.4. The monoisotopic (exact) mass is 367 g/mol. The summed E-state index contributed by atoms with van der Waals surface area (Å²) in [7, 11) is 0. The van der Waals surface area contributed by atoms with Gasteiger partial charge in [-0.2, -0.15) is 0 Å². The van der Waals surface area contributed by atoms with E-state index >= 15 is 0 Å². The van der Waals surface area contributed by atoms with E-state index in [1.807, 2.05) is 30.3 Å². The Kier molecular flexibility index (Phi) is 6.75. The molecule has 0 aromatic heterocycles. The molecule has 3 N–H and O–H groups in total. The molecule has 2 unspecified atom stereocenters. The minimum absolute atomic E-state index is 0.0400. The Morgan fingerprint density at radius 1 is 1.24 bits per heavy atom. The number of benzene rings is 2. The Hall–Kier alpha value is -2.15. The van der Waals surface area contributed by atoms with E-state index in [1.165, 1.54) is 13.0 Å². The molecule has 2 aromatic rings. The zero-order valence-corrected chi connectivity index (χ0v) is 14.3. The summed E-state index contributed by atoms with van der Waals surface area (Å²) in [5, 5.41) is 22.6. The van der Waals surface area contributed by atoms with Gasteiger partial charge in [-0.25, -0.2) is 9.18 Å². The summed E-state index contributed by atoms with van der Waals surface area (Å²) in [6, 6.07) is 11.6. The number of carbonyl (C=O) groups excluding carboxylic acids is 1. The molecule has 0 fully saturated rings. The zero-order valence-electron chi connectivity index (χ0n) is 13.6. The highest BCUT2D eigenvalue weighted by atomic mass is 35.5. The molecule has 7 heteroatoms. The van der Waals surface area contributed by atoms with Gasteiger partial charge in [-0.1, -0.05) is 48.0 Å². The Morgan fingerprint density at radius 2 is 1.92 bits per heavy atom. The van der Waals surface area contributed by atoms with E-state index in [-0.39, 0.29) is 29.3 Å². The molecule has 0 aliphatic heterocycles. The van der Waals surface area contributed by atoms with Gasteiger partial charge >= 0.3 is 6.09 Å². The fourth-order valence-corrected chi connectivity index (χ4v) is 2.46. The topological polar surface area (TPSA) is 78.8 Å². The molecule has 0 aliphatic rings. The van der Waals surface area contributed by atoms with Crippen LogP contribution in [0.15, 0.2) is 42.5 Å². The van der Waals surface area contributed by atoms with Crippen molar-refractivity contribution in [2.75, 3.05) is 6.54 Å². The summed E-state index contributed by atoms with van der Waals surface area (Å²) >= 11 is 5.99. The smallest absolute Gasteiger partial charge is 0.407 e. The SMILES string of the molecule is Cc1c(F)ccc(C(O)C(O)CNC(=O)OCc2ccccc2)c1Cl. The van der Waals surface area contributed by atoms with E-state index < -0.39 is 24.1 Å². The van der Waals surface area contributed by atoms with Crippen LogP contribution in [0, 0.1) is 12.7 Å². The average molecular weight is 368 g/mol. The van der Waals surface area contributed by atoms with E-state index in [9.17, 15) is 19.4 Å². The molecule has 1 amide bonds. The Morgan fingerprint density at radius 3 is 2.60 bits per heavy atom. The number of nitrogens with one attached hydrogen (secondary N) is 1. The van der Waals surface area contributed by atoms with Crippen molar-refractivity contribution in [3.63, 3.8) is 0 Å². The summed E-state index contributed by atoms with van der Waals surface area (Å²) in [5.41, 5.74) is 1.19. The van der Waals surface area contributed by atoms with Gasteiger partial charge in [0.1, 0.15) is 24.6 Å². The van der Waals surface area contributed by atoms with Crippen molar-refractivity contribution in [1.82, 2.24) is 5.32 Å². The van der Waals surface area contributed by atoms with Crippen LogP contribution in [0.25, 0.3) is 0 Å². The lowest BCUT2D eigenvalue weighted by Crippen LogP contribution is -2.35. The van der Waals surface area contributed by atoms with Crippen LogP contribution in [0.5, 0.6) is 0 Å². The second-order valence-electron chi connectivity index (χ2n) is 5.53. The molecule has 0 saturated carbocycles. The fourth-order valence-electron chi connectivity index (χ4n) is 2.19. The van der Waals surface area contributed by atoms with E-state index in [4.69, 9.17) is 16.3 Å². The highest BCUT2D eigenvalue weighted by Gasteiger charge is 2.23. The largest absolute Gasteiger partial charge is 0.445 e. The van der Waals surface area contributed by atoms with Crippen LogP contribution < -0.4 is 5.32 Å². The summed E-state index contributed by atoms with van der Waals surface area (Å²) in [6.45, 7) is 1.31. The van der Waals surface area contributed by atoms with Crippen LogP contribution in [-0.4, -0.2) is 29.0 Å². The van der Waals surface area contributed by atoms with E-state index in [2.05, 4.69) is 5.32 Å². The Bertz CT molecular complexity index is 727. The number of halogens is 2. The van der Waals surface area contributed by atoms with Crippen LogP contribution in [0.3, 0.4) is 0 Å². The van der Waals surface area contributed by atoms with E-state index in [0.717, 1.165) is 11.6 Å². The molecule has 0 saturated heterocycles. The van der Waals surface area contributed by atoms with Crippen LogP contribution in [0.4, 0.5) is 9.18 Å². The highest BCUT2D eigenvalue weighted by molar-refractivity contribution is 6.32. The molecule has 0 heterocycles. The number of rotatable bonds is 6. The molecule has 0 spiro atoms. The fraction of sp³-hybridized carbons (Fsp3) is 0.278. The van der Waals surface area contributed by atoms with Crippen molar-refractivity contribution < 1.29 is 24.1 Å². The maximum absolute atomic E-state index is 13.4. The van der Waals surface area contributed by atoms with Crippen LogP contribution in [0.2, 0.25) is 5.02 Å². The van der Waals surface area contributed by atoms with E-state index in [0.29, 0.717) is 0 Å². The first-order chi connectivity index (χ1) is 11.9. The van der Waals surface area contributed by atoms with Gasteiger partial charge in [0.15, 0.2) is 0 Å². The third-order valence-corrected chi connectivity index (χ3v) is 4.20. The highest BCUT2D eigenvalue weighted by Crippen LogP contribution is 2.29. The predicted molar refractivity (Wildman–Crippen MR) is 91.7 cm³/mol. The zero-order chi connectivity index (χ0) is 18.4. The number of aliphatic hydroxyl groups is 2. The second kappa shape index (κ2) is 8.80. The van der Waals surface area contributed by atoms with Gasteiger partial charge in [0.25, 0.3) is 0 Å². The van der Waals surface area contributed by atoms with Crippen molar-refractivity contribution in [2.24, 2.45) is 0 Å². The van der Waals surface area contributed by atoms with Gasteiger partial charge in [0, 0.05) is 17.7 Å².